The number of hydrogen-bond donors (Lipinski definition) is 1. The van der Waals surface area contributed by atoms with Crippen LogP contribution in [0.25, 0.3) is 0 Å². The van der Waals surface area contributed by atoms with Crippen LogP contribution in [0, 0.1) is 0 Å². The van der Waals surface area contributed by atoms with Crippen LogP contribution in [0.5, 0.6) is 0 Å². The van der Waals surface area contributed by atoms with Crippen molar-refractivity contribution in [1.29, 1.82) is 0 Å². The molecule has 1 saturated heterocycles. The first-order valence-electron chi connectivity index (χ1n) is 5.01. The summed E-state index contributed by atoms with van der Waals surface area (Å²) in [6.45, 7) is 2.23. The first kappa shape index (κ1) is 8.74. The molecule has 2 aliphatic heterocycles. The molecule has 0 saturated carbocycles. The van der Waals surface area contributed by atoms with Gasteiger partial charge in [0.1, 0.15) is 0 Å². The Labute approximate surface area is 92.4 Å². The highest BCUT2D eigenvalue weighted by atomic mass is 79.9. The molecule has 14 heavy (non-hydrogen) atoms. The molecule has 2 unspecified atom stereocenters. The van der Waals surface area contributed by atoms with Gasteiger partial charge in [0.15, 0.2) is 0 Å². The van der Waals surface area contributed by atoms with E-state index in [4.69, 9.17) is 0 Å². The molecule has 0 aromatic heterocycles. The average molecular weight is 253 g/mol. The molecule has 1 aromatic rings. The van der Waals surface area contributed by atoms with Crippen molar-refractivity contribution < 1.29 is 0 Å². The number of nitrogens with one attached hydrogen (secondary N) is 1. The zero-order chi connectivity index (χ0) is 9.71. The maximum atomic E-state index is 3.66. The van der Waals surface area contributed by atoms with Gasteiger partial charge in [0.2, 0.25) is 0 Å². The van der Waals surface area contributed by atoms with Gasteiger partial charge >= 0.3 is 0 Å². The predicted octanol–water partition coefficient (Wildman–Crippen LogP) is 1.95. The largest absolute Gasteiger partial charge is 0.369 e. The number of halogens is 1. The van der Waals surface area contributed by atoms with Crippen LogP contribution in [0.3, 0.4) is 0 Å². The minimum atomic E-state index is 0.656. The van der Waals surface area contributed by atoms with Crippen molar-refractivity contribution in [2.75, 3.05) is 25.0 Å². The van der Waals surface area contributed by atoms with Gasteiger partial charge in [-0.25, -0.2) is 0 Å². The molecule has 0 amide bonds. The second-order valence-corrected chi connectivity index (χ2v) is 4.97. The molecule has 1 aromatic carbocycles. The summed E-state index contributed by atoms with van der Waals surface area (Å²) in [7, 11) is 2.20. The van der Waals surface area contributed by atoms with Crippen LogP contribution >= 0.6 is 15.9 Å². The minimum absolute atomic E-state index is 0.656. The summed E-state index contributed by atoms with van der Waals surface area (Å²) in [5.74, 6) is 0.672. The summed E-state index contributed by atoms with van der Waals surface area (Å²) in [4.78, 5) is 2.41. The summed E-state index contributed by atoms with van der Waals surface area (Å²) in [5, 5.41) is 3.46. The average Bonchev–Trinajstić information content (AvgIpc) is 2.72. The van der Waals surface area contributed by atoms with Gasteiger partial charge in [0.25, 0.3) is 0 Å². The van der Waals surface area contributed by atoms with Crippen molar-refractivity contribution in [1.82, 2.24) is 5.32 Å². The summed E-state index contributed by atoms with van der Waals surface area (Å²) in [5.41, 5.74) is 2.89. The maximum Gasteiger partial charge on any atom is 0.0493 e. The second kappa shape index (κ2) is 2.97. The molecule has 2 nitrogen and oxygen atoms in total. The van der Waals surface area contributed by atoms with Gasteiger partial charge in [0, 0.05) is 42.3 Å². The Morgan fingerprint density at radius 3 is 3.14 bits per heavy atom. The molecule has 0 bridgehead atoms. The van der Waals surface area contributed by atoms with Gasteiger partial charge in [-0.05, 0) is 17.7 Å². The Bertz CT molecular complexity index is 378. The molecule has 3 heteroatoms. The summed E-state index contributed by atoms with van der Waals surface area (Å²) in [6.07, 6.45) is 0. The van der Waals surface area contributed by atoms with Crippen molar-refractivity contribution in [3.63, 3.8) is 0 Å². The fraction of sp³-hybridized carbons (Fsp3) is 0.455. The topological polar surface area (TPSA) is 15.3 Å². The molecular weight excluding hydrogens is 240 g/mol. The maximum absolute atomic E-state index is 3.66. The Kier molecular flexibility index (Phi) is 1.86. The van der Waals surface area contributed by atoms with Crippen LogP contribution in [-0.2, 0) is 0 Å². The third kappa shape index (κ3) is 0.997. The normalized spacial score (nSPS) is 29.1. The number of likely N-dealkylation sites (N-methyl/N-ethyl adjacent to an activating group) is 1. The first-order chi connectivity index (χ1) is 6.79. The highest BCUT2D eigenvalue weighted by Gasteiger charge is 2.40. The van der Waals surface area contributed by atoms with E-state index in [1.807, 2.05) is 0 Å². The zero-order valence-electron chi connectivity index (χ0n) is 8.13. The number of rotatable bonds is 0. The number of benzene rings is 1. The lowest BCUT2D eigenvalue weighted by Gasteiger charge is -2.20. The lowest BCUT2D eigenvalue weighted by molar-refractivity contribution is 0.662. The fourth-order valence-electron chi connectivity index (χ4n) is 2.75. The molecule has 3 rings (SSSR count). The van der Waals surface area contributed by atoms with E-state index in [0.29, 0.717) is 12.0 Å². The Balaban J connectivity index is 2.18. The monoisotopic (exact) mass is 252 g/mol. The lowest BCUT2D eigenvalue weighted by Crippen LogP contribution is -2.31. The third-order valence-corrected chi connectivity index (χ3v) is 4.15. The van der Waals surface area contributed by atoms with Crippen molar-refractivity contribution in [2.24, 2.45) is 0 Å². The summed E-state index contributed by atoms with van der Waals surface area (Å²) >= 11 is 3.66. The van der Waals surface area contributed by atoms with Crippen molar-refractivity contribution >= 4 is 21.6 Å². The highest BCUT2D eigenvalue weighted by molar-refractivity contribution is 9.10. The Morgan fingerprint density at radius 2 is 2.29 bits per heavy atom. The van der Waals surface area contributed by atoms with Crippen molar-refractivity contribution in [3.8, 4) is 0 Å². The summed E-state index contributed by atoms with van der Waals surface area (Å²) in [6, 6.07) is 7.14. The van der Waals surface area contributed by atoms with Gasteiger partial charge in [-0.2, -0.15) is 0 Å². The van der Waals surface area contributed by atoms with Crippen LogP contribution in [0.4, 0.5) is 5.69 Å². The van der Waals surface area contributed by atoms with E-state index in [2.05, 4.69) is 51.4 Å². The van der Waals surface area contributed by atoms with E-state index < -0.39 is 0 Å². The Hall–Kier alpha value is -0.540. The molecule has 74 valence electrons. The number of anilines is 1. The van der Waals surface area contributed by atoms with Crippen molar-refractivity contribution in [2.45, 2.75) is 12.0 Å². The van der Waals surface area contributed by atoms with E-state index in [1.54, 1.807) is 0 Å². The molecule has 1 fully saturated rings. The highest BCUT2D eigenvalue weighted by Crippen LogP contribution is 2.44. The van der Waals surface area contributed by atoms with Crippen LogP contribution < -0.4 is 10.2 Å². The van der Waals surface area contributed by atoms with E-state index in [9.17, 15) is 0 Å². The smallest absolute Gasteiger partial charge is 0.0493 e. The standard InChI is InChI=1S/C11H13BrN2/c1-14-9-4-2-3-8(12)11(9)7-5-13-6-10(7)14/h2-4,7,10,13H,5-6H2,1H3. The van der Waals surface area contributed by atoms with E-state index in [0.717, 1.165) is 13.1 Å². The molecule has 2 heterocycles. The molecular formula is C11H13BrN2. The van der Waals surface area contributed by atoms with Crippen LogP contribution in [-0.4, -0.2) is 26.2 Å². The van der Waals surface area contributed by atoms with Gasteiger partial charge in [-0.15, -0.1) is 0 Å². The van der Waals surface area contributed by atoms with E-state index in [-0.39, 0.29) is 0 Å². The van der Waals surface area contributed by atoms with Gasteiger partial charge in [-0.1, -0.05) is 22.0 Å². The molecule has 2 atom stereocenters. The number of hydrogen-bond acceptors (Lipinski definition) is 2. The van der Waals surface area contributed by atoms with Gasteiger partial charge in [-0.3, -0.25) is 0 Å². The SMILES string of the molecule is CN1c2cccc(Br)c2C2CNCC21. The fourth-order valence-corrected chi connectivity index (χ4v) is 3.39. The minimum Gasteiger partial charge on any atom is -0.369 e. The number of fused-ring (bicyclic) bond motifs is 3. The van der Waals surface area contributed by atoms with Crippen LogP contribution in [0.2, 0.25) is 0 Å². The van der Waals surface area contributed by atoms with Crippen molar-refractivity contribution in [3.05, 3.63) is 28.2 Å². The van der Waals surface area contributed by atoms with Crippen LogP contribution in [0.1, 0.15) is 11.5 Å². The summed E-state index contributed by atoms with van der Waals surface area (Å²) < 4.78 is 1.26. The number of nitrogens with zero attached hydrogens (tertiary/aromatic N) is 1. The van der Waals surface area contributed by atoms with E-state index >= 15 is 0 Å². The predicted molar refractivity (Wildman–Crippen MR) is 61.9 cm³/mol. The second-order valence-electron chi connectivity index (χ2n) is 4.12. The first-order valence-corrected chi connectivity index (χ1v) is 5.80. The third-order valence-electron chi connectivity index (χ3n) is 3.46. The molecule has 2 aliphatic rings. The van der Waals surface area contributed by atoms with E-state index in [1.165, 1.54) is 15.7 Å². The molecule has 0 radical (unpaired) electrons. The Morgan fingerprint density at radius 1 is 1.43 bits per heavy atom. The molecule has 0 aliphatic carbocycles. The lowest BCUT2D eigenvalue weighted by atomic mass is 9.98. The van der Waals surface area contributed by atoms with Crippen LogP contribution in [0.15, 0.2) is 22.7 Å². The molecule has 0 spiro atoms. The van der Waals surface area contributed by atoms with Gasteiger partial charge < -0.3 is 10.2 Å². The molecule has 1 N–H and O–H groups in total. The zero-order valence-corrected chi connectivity index (χ0v) is 9.71. The van der Waals surface area contributed by atoms with Gasteiger partial charge in [0.05, 0.1) is 0 Å². The quantitative estimate of drug-likeness (QED) is 0.760.